The number of aliphatic carboxylic acids is 1. The number of hydrogen-bond acceptors (Lipinski definition) is 4. The smallest absolute Gasteiger partial charge is 0.307 e. The number of ether oxygens (including phenoxy) is 1. The number of rotatable bonds is 5. The minimum absolute atomic E-state index is 0.0166. The Hall–Kier alpha value is -2.30. The molecule has 5 nitrogen and oxygen atoms in total. The highest BCUT2D eigenvalue weighted by Gasteiger charge is 2.03. The van der Waals surface area contributed by atoms with E-state index in [0.717, 1.165) is 17.0 Å². The van der Waals surface area contributed by atoms with E-state index in [4.69, 9.17) is 14.4 Å². The molecule has 18 heavy (non-hydrogen) atoms. The zero-order chi connectivity index (χ0) is 13.0. The fourth-order valence-electron chi connectivity index (χ4n) is 1.52. The fraction of sp³-hybridized carbons (Fsp3) is 0.231. The number of carbonyl (C=O) groups is 1. The molecule has 5 heteroatoms. The predicted octanol–water partition coefficient (Wildman–Crippen LogP) is 2.19. The van der Waals surface area contributed by atoms with E-state index in [2.05, 4.69) is 5.16 Å². The molecule has 2 aromatic rings. The highest BCUT2D eigenvalue weighted by atomic mass is 16.5. The Morgan fingerprint density at radius 1 is 1.39 bits per heavy atom. The summed E-state index contributed by atoms with van der Waals surface area (Å²) in [5.41, 5.74) is 1.47. The molecule has 1 aromatic carbocycles. The quantitative estimate of drug-likeness (QED) is 0.876. The summed E-state index contributed by atoms with van der Waals surface area (Å²) in [7, 11) is 0. The van der Waals surface area contributed by atoms with Gasteiger partial charge in [0.05, 0.1) is 6.42 Å². The highest BCUT2D eigenvalue weighted by Crippen LogP contribution is 2.14. The standard InChI is InChI=1S/C13H13NO4/c1-9-6-11(14-18-9)8-17-12-4-2-10(3-5-12)7-13(15)16/h2-6H,7-8H2,1H3,(H,15,16). The van der Waals surface area contributed by atoms with Crippen LogP contribution in [0, 0.1) is 6.92 Å². The molecule has 1 N–H and O–H groups in total. The second-order valence-corrected chi connectivity index (χ2v) is 3.93. The average Bonchev–Trinajstić information content (AvgIpc) is 2.74. The molecular formula is C13H13NO4. The molecule has 0 unspecified atom stereocenters. The summed E-state index contributed by atoms with van der Waals surface area (Å²) in [6.07, 6.45) is 0.0166. The number of hydrogen-bond donors (Lipinski definition) is 1. The number of carboxylic acid groups (broad SMARTS) is 1. The second kappa shape index (κ2) is 5.35. The normalized spacial score (nSPS) is 10.3. The second-order valence-electron chi connectivity index (χ2n) is 3.93. The van der Waals surface area contributed by atoms with Gasteiger partial charge in [-0.1, -0.05) is 17.3 Å². The van der Waals surface area contributed by atoms with Crippen molar-refractivity contribution in [2.45, 2.75) is 20.0 Å². The third kappa shape index (κ3) is 3.35. The van der Waals surface area contributed by atoms with Crippen LogP contribution in [0.25, 0.3) is 0 Å². The molecule has 1 aromatic heterocycles. The van der Waals surface area contributed by atoms with Crippen LogP contribution in [-0.4, -0.2) is 16.2 Å². The van der Waals surface area contributed by atoms with Crippen LogP contribution in [0.3, 0.4) is 0 Å². The van der Waals surface area contributed by atoms with Crippen molar-refractivity contribution in [3.05, 3.63) is 47.3 Å². The van der Waals surface area contributed by atoms with Crippen molar-refractivity contribution in [1.82, 2.24) is 5.16 Å². The van der Waals surface area contributed by atoms with E-state index >= 15 is 0 Å². The van der Waals surface area contributed by atoms with E-state index in [9.17, 15) is 4.79 Å². The van der Waals surface area contributed by atoms with Crippen molar-refractivity contribution in [3.63, 3.8) is 0 Å². The zero-order valence-corrected chi connectivity index (χ0v) is 9.92. The van der Waals surface area contributed by atoms with E-state index < -0.39 is 5.97 Å². The summed E-state index contributed by atoms with van der Waals surface area (Å²) < 4.78 is 10.4. The van der Waals surface area contributed by atoms with E-state index in [1.807, 2.05) is 6.92 Å². The molecule has 94 valence electrons. The van der Waals surface area contributed by atoms with Gasteiger partial charge in [-0.05, 0) is 24.6 Å². The Morgan fingerprint density at radius 2 is 2.11 bits per heavy atom. The Balaban J connectivity index is 1.92. The molecule has 1 heterocycles. The molecule has 0 amide bonds. The van der Waals surface area contributed by atoms with E-state index in [1.165, 1.54) is 0 Å². The van der Waals surface area contributed by atoms with Gasteiger partial charge in [0.2, 0.25) is 0 Å². The molecule has 2 rings (SSSR count). The Kier molecular flexibility index (Phi) is 3.62. The van der Waals surface area contributed by atoms with Crippen LogP contribution < -0.4 is 4.74 Å². The SMILES string of the molecule is Cc1cc(COc2ccc(CC(=O)O)cc2)no1. The first-order chi connectivity index (χ1) is 8.63. The minimum atomic E-state index is -0.846. The van der Waals surface area contributed by atoms with E-state index in [0.29, 0.717) is 12.4 Å². The van der Waals surface area contributed by atoms with Crippen molar-refractivity contribution in [1.29, 1.82) is 0 Å². The predicted molar refractivity (Wildman–Crippen MR) is 63.4 cm³/mol. The first-order valence-electron chi connectivity index (χ1n) is 5.49. The summed E-state index contributed by atoms with van der Waals surface area (Å²) in [6.45, 7) is 2.15. The number of benzene rings is 1. The van der Waals surface area contributed by atoms with Crippen molar-refractivity contribution in [2.24, 2.45) is 0 Å². The van der Waals surface area contributed by atoms with Crippen molar-refractivity contribution < 1.29 is 19.2 Å². The Morgan fingerprint density at radius 3 is 2.67 bits per heavy atom. The highest BCUT2D eigenvalue weighted by molar-refractivity contribution is 5.70. The lowest BCUT2D eigenvalue weighted by Crippen LogP contribution is -2.00. The largest absolute Gasteiger partial charge is 0.487 e. The number of nitrogens with zero attached hydrogens (tertiary/aromatic N) is 1. The molecule has 0 aliphatic carbocycles. The molecule has 0 atom stereocenters. The summed E-state index contributed by atoms with van der Waals surface area (Å²) in [4.78, 5) is 10.5. The van der Waals surface area contributed by atoms with Gasteiger partial charge in [-0.25, -0.2) is 0 Å². The third-order valence-corrected chi connectivity index (χ3v) is 2.34. The van der Waals surface area contributed by atoms with Crippen molar-refractivity contribution >= 4 is 5.97 Å². The van der Waals surface area contributed by atoms with Crippen LogP contribution in [0.5, 0.6) is 5.75 Å². The topological polar surface area (TPSA) is 72.6 Å². The zero-order valence-electron chi connectivity index (χ0n) is 9.92. The average molecular weight is 247 g/mol. The van der Waals surface area contributed by atoms with Gasteiger partial charge in [-0.3, -0.25) is 4.79 Å². The molecule has 0 spiro atoms. The maximum absolute atomic E-state index is 10.5. The maximum Gasteiger partial charge on any atom is 0.307 e. The Bertz CT molecular complexity index is 530. The number of aromatic nitrogens is 1. The van der Waals surface area contributed by atoms with Gasteiger partial charge < -0.3 is 14.4 Å². The van der Waals surface area contributed by atoms with Crippen LogP contribution in [0.15, 0.2) is 34.9 Å². The van der Waals surface area contributed by atoms with E-state index in [-0.39, 0.29) is 6.42 Å². The molecule has 0 aliphatic rings. The molecule has 0 bridgehead atoms. The maximum atomic E-state index is 10.5. The molecule has 0 fully saturated rings. The number of carboxylic acids is 1. The Labute approximate surface area is 104 Å². The molecule has 0 radical (unpaired) electrons. The minimum Gasteiger partial charge on any atom is -0.487 e. The van der Waals surface area contributed by atoms with Crippen molar-refractivity contribution in [2.75, 3.05) is 0 Å². The lowest BCUT2D eigenvalue weighted by Gasteiger charge is -2.04. The van der Waals surface area contributed by atoms with Gasteiger partial charge in [0, 0.05) is 6.07 Å². The summed E-state index contributed by atoms with van der Waals surface area (Å²) in [6, 6.07) is 8.75. The third-order valence-electron chi connectivity index (χ3n) is 2.34. The fourth-order valence-corrected chi connectivity index (χ4v) is 1.52. The lowest BCUT2D eigenvalue weighted by molar-refractivity contribution is -0.136. The summed E-state index contributed by atoms with van der Waals surface area (Å²) in [5, 5.41) is 12.5. The first-order valence-corrected chi connectivity index (χ1v) is 5.49. The van der Waals surface area contributed by atoms with Crippen LogP contribution in [0.4, 0.5) is 0 Å². The lowest BCUT2D eigenvalue weighted by atomic mass is 10.1. The summed E-state index contributed by atoms with van der Waals surface area (Å²) in [5.74, 6) is 0.567. The molecule has 0 aliphatic heterocycles. The molecular weight excluding hydrogens is 234 g/mol. The number of aryl methyl sites for hydroxylation is 1. The van der Waals surface area contributed by atoms with Gasteiger partial charge >= 0.3 is 5.97 Å². The monoisotopic (exact) mass is 247 g/mol. The van der Waals surface area contributed by atoms with Crippen LogP contribution >= 0.6 is 0 Å². The summed E-state index contributed by atoms with van der Waals surface area (Å²) >= 11 is 0. The van der Waals surface area contributed by atoms with Crippen LogP contribution in [-0.2, 0) is 17.8 Å². The van der Waals surface area contributed by atoms with Gasteiger partial charge in [-0.2, -0.15) is 0 Å². The molecule has 0 saturated heterocycles. The molecule has 0 saturated carbocycles. The van der Waals surface area contributed by atoms with Gasteiger partial charge in [0.1, 0.15) is 23.8 Å². The first kappa shape index (κ1) is 12.2. The van der Waals surface area contributed by atoms with Crippen LogP contribution in [0.2, 0.25) is 0 Å². The van der Waals surface area contributed by atoms with Gasteiger partial charge in [0.15, 0.2) is 0 Å². The van der Waals surface area contributed by atoms with Crippen LogP contribution in [0.1, 0.15) is 17.0 Å². The van der Waals surface area contributed by atoms with E-state index in [1.54, 1.807) is 30.3 Å². The van der Waals surface area contributed by atoms with Crippen molar-refractivity contribution in [3.8, 4) is 5.75 Å². The van der Waals surface area contributed by atoms with Gasteiger partial charge in [-0.15, -0.1) is 0 Å². The van der Waals surface area contributed by atoms with Gasteiger partial charge in [0.25, 0.3) is 0 Å².